The number of amides is 9. The second-order valence-electron chi connectivity index (χ2n) is 27.0. The number of carboxylic acid groups (broad SMARTS) is 2. The minimum atomic E-state index is -1.22. The highest BCUT2D eigenvalue weighted by Gasteiger charge is 2.33. The summed E-state index contributed by atoms with van der Waals surface area (Å²) in [5.74, 6) is -9.10. The number of methoxy groups -OCH3 is 2. The number of hydrogen-bond acceptors (Lipinski definition) is 29. The van der Waals surface area contributed by atoms with E-state index in [0.717, 1.165) is 144 Å². The molecule has 0 saturated carbocycles. The number of hydrogen-bond donors (Lipinski definition) is 3. The molecule has 40 nitrogen and oxygen atoms in total. The zero-order chi connectivity index (χ0) is 87.8. The Morgan fingerprint density at radius 3 is 0.797 bits per heavy atom. The quantitative estimate of drug-likeness (QED) is 0.0527. The Morgan fingerprint density at radius 2 is 0.534 bits per heavy atom. The molecule has 0 radical (unpaired) electrons. The van der Waals surface area contributed by atoms with Crippen LogP contribution >= 0.6 is 0 Å². The highest BCUT2D eigenvalue weighted by atomic mass is 16.6. The van der Waals surface area contributed by atoms with Gasteiger partial charge in [0.1, 0.15) is 19.4 Å². The number of carbonyl (C=O) groups excluding carboxylic acids is 18. The van der Waals surface area contributed by atoms with E-state index in [0.29, 0.717) is 123 Å². The van der Waals surface area contributed by atoms with Crippen LogP contribution in [0.5, 0.6) is 0 Å². The smallest absolute Gasteiger partial charge is 0.332 e. The summed E-state index contributed by atoms with van der Waals surface area (Å²) in [5.41, 5.74) is 0. The summed E-state index contributed by atoms with van der Waals surface area (Å²) in [7, 11) is 2.44. The van der Waals surface area contributed by atoms with Crippen molar-refractivity contribution in [3.63, 3.8) is 0 Å². The summed E-state index contributed by atoms with van der Waals surface area (Å²) in [6.07, 6.45) is 21.8. The Kier molecular flexibility index (Phi) is 46.3. The van der Waals surface area contributed by atoms with E-state index in [2.05, 4.69) is 14.8 Å². The Bertz CT molecular complexity index is 3530. The molecule has 0 aromatic heterocycles. The van der Waals surface area contributed by atoms with Crippen molar-refractivity contribution in [1.29, 1.82) is 0 Å². The minimum absolute atomic E-state index is 0.00953. The van der Waals surface area contributed by atoms with Crippen LogP contribution in [0.3, 0.4) is 0 Å². The molecule has 3 N–H and O–H groups in total. The molecule has 8 rings (SSSR count). The van der Waals surface area contributed by atoms with E-state index in [1.807, 2.05) is 0 Å². The average Bonchev–Trinajstić information content (AvgIpc) is 1.74. The molecule has 8 aliphatic rings. The van der Waals surface area contributed by atoms with Gasteiger partial charge in [0.15, 0.2) is 31.1 Å². The lowest BCUT2D eigenvalue weighted by molar-refractivity contribution is -0.159. The lowest BCUT2D eigenvalue weighted by Gasteiger charge is -2.24. The fourth-order valence-electron chi connectivity index (χ4n) is 12.2. The maximum Gasteiger partial charge on any atom is 0.332 e. The summed E-state index contributed by atoms with van der Waals surface area (Å²) in [6.45, 7) is 15.6. The van der Waals surface area contributed by atoms with Crippen LogP contribution in [0.15, 0.2) is 72.9 Å². The number of likely N-dealkylation sites (tertiary alicyclic amines) is 8. The Balaban J connectivity index is 0.000000369. The molecule has 6 unspecified atom stereocenters. The van der Waals surface area contributed by atoms with Gasteiger partial charge in [0.25, 0.3) is 0 Å². The van der Waals surface area contributed by atoms with Gasteiger partial charge < -0.3 is 97.4 Å². The van der Waals surface area contributed by atoms with Gasteiger partial charge in [0, 0.05) is 177 Å². The van der Waals surface area contributed by atoms with E-state index in [1.54, 1.807) is 56.2 Å². The third kappa shape index (κ3) is 39.9. The predicted octanol–water partition coefficient (Wildman–Crippen LogP) is 2.30. The van der Waals surface area contributed by atoms with Gasteiger partial charge in [0.05, 0.1) is 27.3 Å². The van der Waals surface area contributed by atoms with Crippen LogP contribution in [0, 0.1) is 0 Å². The summed E-state index contributed by atoms with van der Waals surface area (Å²) in [5, 5.41) is 19.2. The zero-order valence-corrected chi connectivity index (χ0v) is 67.8. The number of nitrogens with one attached hydrogen (secondary N) is 1. The van der Waals surface area contributed by atoms with Crippen LogP contribution in [-0.2, 0) is 139 Å². The first-order valence-electron chi connectivity index (χ1n) is 38.7. The molecule has 0 spiro atoms. The third-order valence-electron chi connectivity index (χ3n) is 18.2. The van der Waals surface area contributed by atoms with Crippen LogP contribution in [0.4, 0.5) is 0 Å². The fraction of sp³-hybridized carbons (Fsp3) is 0.590. The molecule has 652 valence electrons. The Labute approximate surface area is 682 Å². The van der Waals surface area contributed by atoms with Crippen LogP contribution in [0.25, 0.3) is 0 Å². The molecular weight excluding hydrogens is 1560 g/mol. The molecule has 0 aromatic carbocycles. The number of esters is 9. The second-order valence-corrected chi connectivity index (χ2v) is 27.0. The minimum Gasteiger partial charge on any atom is -0.478 e. The maximum absolute atomic E-state index is 11.8. The summed E-state index contributed by atoms with van der Waals surface area (Å²) < 4.78 is 43.5. The summed E-state index contributed by atoms with van der Waals surface area (Å²) in [6, 6.07) is 0. The van der Waals surface area contributed by atoms with Gasteiger partial charge in [-0.2, -0.15) is 0 Å². The topological polar surface area (TPSA) is 503 Å². The number of nitrogens with zero attached hydrogens (tertiary/aromatic N) is 8. The van der Waals surface area contributed by atoms with E-state index >= 15 is 0 Å². The van der Waals surface area contributed by atoms with E-state index < -0.39 is 109 Å². The number of carboxylic acids is 2. The van der Waals surface area contributed by atoms with Crippen molar-refractivity contribution in [1.82, 2.24) is 44.5 Å². The lowest BCUT2D eigenvalue weighted by atomic mass is 10.2. The van der Waals surface area contributed by atoms with Crippen molar-refractivity contribution in [3.05, 3.63) is 72.9 Å². The third-order valence-corrected chi connectivity index (χ3v) is 18.2. The van der Waals surface area contributed by atoms with E-state index in [-0.39, 0.29) is 60.5 Å². The number of aliphatic carboxylic acids is 2. The highest BCUT2D eigenvalue weighted by Crippen LogP contribution is 2.20. The first-order chi connectivity index (χ1) is 56.0. The van der Waals surface area contributed by atoms with Crippen molar-refractivity contribution in [3.8, 4) is 0 Å². The molecule has 0 bridgehead atoms. The first-order valence-corrected chi connectivity index (χ1v) is 38.7. The normalized spacial score (nSPS) is 18.4. The monoisotopic (exact) mass is 1670 g/mol. The zero-order valence-electron chi connectivity index (χ0n) is 67.8. The van der Waals surface area contributed by atoms with Gasteiger partial charge in [-0.05, 0) is 106 Å². The van der Waals surface area contributed by atoms with Gasteiger partial charge in [-0.1, -0.05) is 12.8 Å². The molecule has 8 fully saturated rings. The molecule has 8 aliphatic heterocycles. The molecule has 8 saturated heterocycles. The molecule has 0 aromatic rings. The van der Waals surface area contributed by atoms with E-state index in [9.17, 15) is 95.9 Å². The van der Waals surface area contributed by atoms with Crippen LogP contribution in [-0.4, -0.2) is 298 Å². The average molecular weight is 1670 g/mol. The summed E-state index contributed by atoms with van der Waals surface area (Å²) in [4.78, 5) is 238. The number of ether oxygens (including phenoxy) is 9. The maximum atomic E-state index is 11.8. The van der Waals surface area contributed by atoms with Crippen molar-refractivity contribution >= 4 is 119 Å². The summed E-state index contributed by atoms with van der Waals surface area (Å²) >= 11 is 0. The van der Waals surface area contributed by atoms with Gasteiger partial charge in [-0.3, -0.25) is 43.2 Å². The molecular formula is C78H109N9O31. The Hall–Kier alpha value is -12.2. The molecule has 40 heteroatoms. The van der Waals surface area contributed by atoms with Gasteiger partial charge in [-0.25, -0.2) is 52.7 Å². The molecule has 8 heterocycles. The largest absolute Gasteiger partial charge is 0.478 e. The van der Waals surface area contributed by atoms with Gasteiger partial charge >= 0.3 is 65.7 Å². The lowest BCUT2D eigenvalue weighted by Crippen LogP contribution is -2.46. The number of rotatable bonds is 30. The first kappa shape index (κ1) is 100. The molecule has 6 atom stereocenters. The van der Waals surface area contributed by atoms with Crippen LogP contribution in [0.1, 0.15) is 170 Å². The molecule has 0 aliphatic carbocycles. The van der Waals surface area contributed by atoms with Crippen molar-refractivity contribution in [2.45, 2.75) is 207 Å². The molecule has 9 amide bonds. The highest BCUT2D eigenvalue weighted by molar-refractivity contribution is 5.96. The standard InChI is InChI=1S/C16H23N3O5.C16H22N2O6.C13H19NO5.C12H17NO5.C11H15NO5.C10H13NO5/c1-11(18-9-3-5-14(18)21)17-13(20)7-8-16(23)24-12(2)19-10-4-6-15(19)22;1-11(17-9-3-5-13(17)19)23-15(21)7-8-16(22)24-12(2)18-10-4-6-14(18)20;1-18-12(16)6-7-13(17)19-10-9-14-8-4-2-3-5-11(14)15;14-10-4-2-1-3-7-13(10)8-9-18-12(17)6-5-11(15)16;1-8(12-7-3-4-9(12)13)17-11(15)6-5-10(14)16-2;1-7(11-6-2-3-8(11)12)16-10(15)5-4-9(13)14/h7-8,11-12H,3-6,9-10H2,1-2H3,(H,17,20);7-8,11-12H,3-6,9-10H2,1-2H3;6-7H,2-5,8-10H2,1H3;5-6H,1-4,7-9H2,(H,15,16);5-6,8H,3-4,7H2,1-2H3;4-5,7H,2-3,6H2,1H3,(H,13,14). The van der Waals surface area contributed by atoms with E-state index in [1.165, 1.54) is 38.7 Å². The van der Waals surface area contributed by atoms with Crippen molar-refractivity contribution in [2.24, 2.45) is 0 Å². The van der Waals surface area contributed by atoms with Gasteiger partial charge in [-0.15, -0.1) is 0 Å². The SMILES string of the molecule is CC(NC(=O)C=CC(=O)OC(C)N1CCCC1=O)N1CCCC1=O.CC(OC(=O)C=CC(=O)O)N1CCCC1=O.CC(OC(=O)C=CC(=O)OC(C)N1CCCC1=O)N1CCCC1=O.COC(=O)C=CC(=O)OC(C)N1CCCC1=O.COC(=O)C=CC(=O)OCCN1CCCCCC1=O.O=C(O)C=CC(=O)OCCN1CCCCCC1=O. The van der Waals surface area contributed by atoms with Crippen molar-refractivity contribution in [2.75, 3.05) is 92.9 Å². The van der Waals surface area contributed by atoms with Crippen LogP contribution < -0.4 is 5.32 Å². The van der Waals surface area contributed by atoms with Crippen molar-refractivity contribution < 1.29 is 149 Å². The van der Waals surface area contributed by atoms with Gasteiger partial charge in [0.2, 0.25) is 53.2 Å². The second kappa shape index (κ2) is 54.6. The predicted molar refractivity (Wildman–Crippen MR) is 407 cm³/mol. The fourth-order valence-corrected chi connectivity index (χ4v) is 12.2. The Morgan fingerprint density at radius 1 is 0.297 bits per heavy atom. The number of carbonyl (C=O) groups is 20. The van der Waals surface area contributed by atoms with Crippen LogP contribution in [0.2, 0.25) is 0 Å². The molecule has 118 heavy (non-hydrogen) atoms. The van der Waals surface area contributed by atoms with E-state index in [4.69, 9.17) is 43.4 Å².